The molecule has 1 saturated heterocycles. The lowest BCUT2D eigenvalue weighted by molar-refractivity contribution is -0.0603. The number of hydrogen-bond donors (Lipinski definition) is 4. The van der Waals surface area contributed by atoms with Gasteiger partial charge in [0.25, 0.3) is 5.56 Å². The Bertz CT molecular complexity index is 636. The molecule has 0 bridgehead atoms. The van der Waals surface area contributed by atoms with Gasteiger partial charge in [0.05, 0.1) is 10.2 Å². The molecule has 0 amide bonds. The van der Waals surface area contributed by atoms with E-state index in [1.807, 2.05) is 0 Å². The minimum atomic E-state index is -2.09. The maximum Gasteiger partial charge on any atom is 0.330 e. The first kappa shape index (κ1) is 17.9. The highest BCUT2D eigenvalue weighted by Gasteiger charge is 2.45. The molecule has 12 heteroatoms. The molecule has 0 aliphatic carbocycles. The average Bonchev–Trinajstić information content (AvgIpc) is 2.76. The second-order valence-corrected chi connectivity index (χ2v) is 6.52. The molecule has 1 aliphatic rings. The molecule has 1 aromatic heterocycles. The SMILES string of the molecule is CO[C@@H]1[C@H](O)[C@@H](COP(N)O)O[C@H]1n1cc(I)c(=O)[nH]c1=O. The molecule has 2 heterocycles. The predicted molar refractivity (Wildman–Crippen MR) is 84.0 cm³/mol. The van der Waals surface area contributed by atoms with Crippen LogP contribution in [0, 0.1) is 3.57 Å². The van der Waals surface area contributed by atoms with Crippen molar-refractivity contribution in [3.63, 3.8) is 0 Å². The summed E-state index contributed by atoms with van der Waals surface area (Å²) < 4.78 is 17.0. The molecule has 0 saturated carbocycles. The predicted octanol–water partition coefficient (Wildman–Crippen LogP) is -1.39. The third-order valence-electron chi connectivity index (χ3n) is 3.15. The number of hydrogen-bond acceptors (Lipinski definition) is 8. The van der Waals surface area contributed by atoms with Crippen molar-refractivity contribution in [2.24, 2.45) is 5.50 Å². The summed E-state index contributed by atoms with van der Waals surface area (Å²) in [4.78, 5) is 34.4. The van der Waals surface area contributed by atoms with E-state index in [1.165, 1.54) is 13.3 Å². The number of aliphatic hydroxyl groups is 1. The Balaban J connectivity index is 2.28. The molecule has 0 spiro atoms. The summed E-state index contributed by atoms with van der Waals surface area (Å²) in [6.45, 7) is -0.161. The molecule has 124 valence electrons. The summed E-state index contributed by atoms with van der Waals surface area (Å²) in [5, 5.41) is 10.2. The van der Waals surface area contributed by atoms with Crippen molar-refractivity contribution in [3.8, 4) is 0 Å². The molecular formula is C10H15IN3O7P. The Morgan fingerprint density at radius 2 is 2.27 bits per heavy atom. The van der Waals surface area contributed by atoms with E-state index in [-0.39, 0.29) is 10.2 Å². The van der Waals surface area contributed by atoms with Crippen LogP contribution in [0.3, 0.4) is 0 Å². The van der Waals surface area contributed by atoms with E-state index >= 15 is 0 Å². The largest absolute Gasteiger partial charge is 0.387 e. The molecule has 1 aromatic rings. The summed E-state index contributed by atoms with van der Waals surface area (Å²) >= 11 is 1.77. The normalized spacial score (nSPS) is 29.7. The first-order valence-corrected chi connectivity index (χ1v) is 8.45. The molecule has 1 unspecified atom stereocenters. The van der Waals surface area contributed by atoms with Crippen molar-refractivity contribution in [1.82, 2.24) is 9.55 Å². The van der Waals surface area contributed by atoms with Gasteiger partial charge in [-0.25, -0.2) is 4.79 Å². The van der Waals surface area contributed by atoms with Gasteiger partial charge in [0, 0.05) is 13.3 Å². The Morgan fingerprint density at radius 3 is 2.86 bits per heavy atom. The number of methoxy groups -OCH3 is 1. The van der Waals surface area contributed by atoms with Gasteiger partial charge < -0.3 is 24.0 Å². The van der Waals surface area contributed by atoms with Gasteiger partial charge >= 0.3 is 5.69 Å². The number of nitrogens with one attached hydrogen (secondary N) is 1. The Morgan fingerprint density at radius 1 is 1.59 bits per heavy atom. The van der Waals surface area contributed by atoms with Crippen LogP contribution in [0.2, 0.25) is 0 Å². The number of aliphatic hydroxyl groups excluding tert-OH is 1. The van der Waals surface area contributed by atoms with Crippen LogP contribution < -0.4 is 16.8 Å². The lowest BCUT2D eigenvalue weighted by atomic mass is 10.1. The van der Waals surface area contributed by atoms with Crippen LogP contribution in [-0.2, 0) is 14.0 Å². The number of aromatic amines is 1. The second kappa shape index (κ2) is 7.45. The molecular weight excluding hydrogens is 432 g/mol. The fraction of sp³-hybridized carbons (Fsp3) is 0.600. The van der Waals surface area contributed by atoms with Gasteiger partial charge in [-0.15, -0.1) is 0 Å². The molecule has 0 aromatic carbocycles. The van der Waals surface area contributed by atoms with Crippen molar-refractivity contribution >= 4 is 31.1 Å². The number of aromatic nitrogens is 2. The van der Waals surface area contributed by atoms with E-state index < -0.39 is 44.3 Å². The standard InChI is InChI=1S/C10H15IN3O7P/c1-19-7-6(15)5(3-20-22(12)18)21-9(7)14-2-4(11)8(16)13-10(14)17/h2,5-7,9,15,18H,3,12H2,1H3,(H,13,16,17)/t5-,6-,7-,9-,22?/m1/s1. The fourth-order valence-electron chi connectivity index (χ4n) is 2.13. The maximum absolute atomic E-state index is 11.9. The lowest BCUT2D eigenvalue weighted by Crippen LogP contribution is -2.39. The van der Waals surface area contributed by atoms with Crippen LogP contribution in [0.5, 0.6) is 0 Å². The molecule has 22 heavy (non-hydrogen) atoms. The summed E-state index contributed by atoms with van der Waals surface area (Å²) in [6.07, 6.45) is -2.42. The van der Waals surface area contributed by atoms with E-state index in [1.54, 1.807) is 22.6 Å². The van der Waals surface area contributed by atoms with Gasteiger partial charge in [-0.3, -0.25) is 19.8 Å². The summed E-state index contributed by atoms with van der Waals surface area (Å²) in [5.74, 6) is 0. The van der Waals surface area contributed by atoms with Gasteiger partial charge in [-0.1, -0.05) is 0 Å². The molecule has 2 rings (SSSR count). The molecule has 5 N–H and O–H groups in total. The van der Waals surface area contributed by atoms with E-state index in [0.29, 0.717) is 0 Å². The Labute approximate surface area is 139 Å². The Kier molecular flexibility index (Phi) is 6.07. The first-order valence-electron chi connectivity index (χ1n) is 6.09. The third kappa shape index (κ3) is 3.74. The van der Waals surface area contributed by atoms with Crippen molar-refractivity contribution in [2.75, 3.05) is 13.7 Å². The molecule has 10 nitrogen and oxygen atoms in total. The number of halogens is 1. The van der Waals surface area contributed by atoms with E-state index in [2.05, 4.69) is 4.98 Å². The van der Waals surface area contributed by atoms with Gasteiger partial charge in [0.2, 0.25) is 8.53 Å². The van der Waals surface area contributed by atoms with Crippen LogP contribution in [-0.4, -0.2) is 51.6 Å². The monoisotopic (exact) mass is 447 g/mol. The number of H-pyrrole nitrogens is 1. The topological polar surface area (TPSA) is 149 Å². The van der Waals surface area contributed by atoms with Gasteiger partial charge in [0.15, 0.2) is 6.23 Å². The van der Waals surface area contributed by atoms with E-state index in [0.717, 1.165) is 4.57 Å². The second-order valence-electron chi connectivity index (χ2n) is 4.50. The molecule has 0 radical (unpaired) electrons. The fourth-order valence-corrected chi connectivity index (χ4v) is 2.87. The van der Waals surface area contributed by atoms with Crippen LogP contribution in [0.15, 0.2) is 15.8 Å². The third-order valence-corrected chi connectivity index (χ3v) is 4.34. The zero-order valence-electron chi connectivity index (χ0n) is 11.4. The highest BCUT2D eigenvalue weighted by atomic mass is 127. The van der Waals surface area contributed by atoms with Crippen molar-refractivity contribution < 1.29 is 24.0 Å². The summed E-state index contributed by atoms with van der Waals surface area (Å²) in [7, 11) is -0.729. The van der Waals surface area contributed by atoms with Crippen molar-refractivity contribution in [1.29, 1.82) is 0 Å². The number of nitrogens with two attached hydrogens (primary N) is 1. The van der Waals surface area contributed by atoms with Crippen LogP contribution in [0.25, 0.3) is 0 Å². The Hall–Kier alpha value is -0.400. The van der Waals surface area contributed by atoms with Crippen LogP contribution in [0.1, 0.15) is 6.23 Å². The number of nitrogens with zero attached hydrogens (tertiary/aromatic N) is 1. The highest BCUT2D eigenvalue weighted by Crippen LogP contribution is 2.32. The zero-order valence-corrected chi connectivity index (χ0v) is 14.4. The first-order chi connectivity index (χ1) is 10.3. The van der Waals surface area contributed by atoms with Gasteiger partial charge in [-0.2, -0.15) is 0 Å². The maximum atomic E-state index is 11.9. The highest BCUT2D eigenvalue weighted by molar-refractivity contribution is 14.1. The van der Waals surface area contributed by atoms with E-state index in [9.17, 15) is 14.7 Å². The van der Waals surface area contributed by atoms with Crippen LogP contribution >= 0.6 is 31.1 Å². The number of rotatable bonds is 5. The lowest BCUT2D eigenvalue weighted by Gasteiger charge is -2.20. The summed E-state index contributed by atoms with van der Waals surface area (Å²) in [6, 6.07) is 0. The average molecular weight is 447 g/mol. The van der Waals surface area contributed by atoms with Gasteiger partial charge in [0.1, 0.15) is 18.3 Å². The smallest absolute Gasteiger partial charge is 0.330 e. The van der Waals surface area contributed by atoms with Crippen molar-refractivity contribution in [3.05, 3.63) is 30.6 Å². The zero-order chi connectivity index (χ0) is 16.4. The number of ether oxygens (including phenoxy) is 2. The van der Waals surface area contributed by atoms with E-state index in [4.69, 9.17) is 24.4 Å². The van der Waals surface area contributed by atoms with Crippen molar-refractivity contribution in [2.45, 2.75) is 24.5 Å². The molecule has 5 atom stereocenters. The van der Waals surface area contributed by atoms with Gasteiger partial charge in [-0.05, 0) is 22.6 Å². The minimum absolute atomic E-state index is 0.161. The van der Waals surface area contributed by atoms with Crippen LogP contribution in [0.4, 0.5) is 0 Å². The summed E-state index contributed by atoms with van der Waals surface area (Å²) in [5.41, 5.74) is 3.93. The quantitative estimate of drug-likeness (QED) is 0.319. The molecule has 1 fully saturated rings. The molecule has 1 aliphatic heterocycles. The minimum Gasteiger partial charge on any atom is -0.387 e.